The molecule has 0 aromatic carbocycles. The van der Waals surface area contributed by atoms with Gasteiger partial charge in [-0.2, -0.15) is 13.2 Å². The fourth-order valence-electron chi connectivity index (χ4n) is 2.67. The largest absolute Gasteiger partial charge is 0.406 e. The van der Waals surface area contributed by atoms with Gasteiger partial charge in [0.1, 0.15) is 6.54 Å². The van der Waals surface area contributed by atoms with Crippen molar-refractivity contribution in [2.24, 2.45) is 11.7 Å². The number of carbonyl (C=O) groups is 1. The number of alkyl halides is 3. The summed E-state index contributed by atoms with van der Waals surface area (Å²) >= 11 is 0. The van der Waals surface area contributed by atoms with E-state index in [0.29, 0.717) is 12.3 Å². The van der Waals surface area contributed by atoms with Crippen LogP contribution in [0.25, 0.3) is 0 Å². The SMILES string of the molecule is CCN(CC(F)(F)F)C(=O)CCC1CCCC(N)C1. The lowest BCUT2D eigenvalue weighted by Crippen LogP contribution is -2.39. The molecule has 0 heterocycles. The van der Waals surface area contributed by atoms with E-state index < -0.39 is 18.6 Å². The van der Waals surface area contributed by atoms with Gasteiger partial charge in [0.15, 0.2) is 0 Å². The maximum atomic E-state index is 12.3. The minimum atomic E-state index is -4.32. The Morgan fingerprint density at radius 1 is 1.37 bits per heavy atom. The van der Waals surface area contributed by atoms with Crippen molar-refractivity contribution >= 4 is 5.91 Å². The zero-order valence-electron chi connectivity index (χ0n) is 11.4. The number of amides is 1. The predicted octanol–water partition coefficient (Wildman–Crippen LogP) is 2.69. The maximum Gasteiger partial charge on any atom is 0.406 e. The molecular formula is C13H23F3N2O. The highest BCUT2D eigenvalue weighted by molar-refractivity contribution is 5.76. The van der Waals surface area contributed by atoms with Gasteiger partial charge in [-0.05, 0) is 32.1 Å². The van der Waals surface area contributed by atoms with E-state index in [-0.39, 0.29) is 19.0 Å². The van der Waals surface area contributed by atoms with Crippen LogP contribution in [-0.4, -0.2) is 36.1 Å². The minimum Gasteiger partial charge on any atom is -0.334 e. The summed E-state index contributed by atoms with van der Waals surface area (Å²) in [4.78, 5) is 12.6. The quantitative estimate of drug-likeness (QED) is 0.841. The van der Waals surface area contributed by atoms with Crippen LogP contribution >= 0.6 is 0 Å². The first-order chi connectivity index (χ1) is 8.81. The fraction of sp³-hybridized carbons (Fsp3) is 0.923. The van der Waals surface area contributed by atoms with E-state index in [1.165, 1.54) is 0 Å². The molecule has 1 amide bonds. The zero-order chi connectivity index (χ0) is 14.5. The minimum absolute atomic E-state index is 0.0997. The molecular weight excluding hydrogens is 257 g/mol. The van der Waals surface area contributed by atoms with Gasteiger partial charge in [0, 0.05) is 19.0 Å². The second kappa shape index (κ2) is 7.12. The van der Waals surface area contributed by atoms with Gasteiger partial charge in [0.05, 0.1) is 0 Å². The van der Waals surface area contributed by atoms with Gasteiger partial charge < -0.3 is 10.6 Å². The van der Waals surface area contributed by atoms with Gasteiger partial charge in [0.25, 0.3) is 0 Å². The number of hydrogen-bond donors (Lipinski definition) is 1. The highest BCUT2D eigenvalue weighted by atomic mass is 19.4. The third-order valence-electron chi connectivity index (χ3n) is 3.69. The molecule has 0 aromatic heterocycles. The fourth-order valence-corrected chi connectivity index (χ4v) is 2.67. The Morgan fingerprint density at radius 2 is 2.05 bits per heavy atom. The third kappa shape index (κ3) is 6.27. The first-order valence-electron chi connectivity index (χ1n) is 6.92. The standard InChI is InChI=1S/C13H23F3N2O/c1-2-18(9-13(14,15)16)12(19)7-6-10-4-3-5-11(17)8-10/h10-11H,2-9,17H2,1H3. The third-order valence-corrected chi connectivity index (χ3v) is 3.69. The highest BCUT2D eigenvalue weighted by Crippen LogP contribution is 2.27. The second-order valence-corrected chi connectivity index (χ2v) is 5.35. The lowest BCUT2D eigenvalue weighted by atomic mass is 9.83. The Labute approximate surface area is 112 Å². The average Bonchev–Trinajstić information content (AvgIpc) is 2.32. The number of nitrogens with zero attached hydrogens (tertiary/aromatic N) is 1. The number of nitrogens with two attached hydrogens (primary N) is 1. The topological polar surface area (TPSA) is 46.3 Å². The molecule has 19 heavy (non-hydrogen) atoms. The van der Waals surface area contributed by atoms with Crippen molar-refractivity contribution in [2.75, 3.05) is 13.1 Å². The van der Waals surface area contributed by atoms with Gasteiger partial charge in [0.2, 0.25) is 5.91 Å². The van der Waals surface area contributed by atoms with Crippen LogP contribution in [0, 0.1) is 5.92 Å². The van der Waals surface area contributed by atoms with Crippen LogP contribution < -0.4 is 5.73 Å². The van der Waals surface area contributed by atoms with E-state index in [9.17, 15) is 18.0 Å². The summed E-state index contributed by atoms with van der Waals surface area (Å²) in [6.07, 6.45) is 0.520. The highest BCUT2D eigenvalue weighted by Gasteiger charge is 2.32. The number of hydrogen-bond acceptors (Lipinski definition) is 2. The summed E-state index contributed by atoms with van der Waals surface area (Å²) in [5.41, 5.74) is 5.86. The molecule has 0 bridgehead atoms. The lowest BCUT2D eigenvalue weighted by Gasteiger charge is -2.27. The second-order valence-electron chi connectivity index (χ2n) is 5.35. The van der Waals surface area contributed by atoms with Crippen molar-refractivity contribution in [2.45, 2.75) is 57.7 Å². The van der Waals surface area contributed by atoms with E-state index in [1.54, 1.807) is 6.92 Å². The monoisotopic (exact) mass is 280 g/mol. The maximum absolute atomic E-state index is 12.3. The summed E-state index contributed by atoms with van der Waals surface area (Å²) in [6.45, 7) is 0.523. The molecule has 3 nitrogen and oxygen atoms in total. The van der Waals surface area contributed by atoms with Crippen LogP contribution in [0.15, 0.2) is 0 Å². The Morgan fingerprint density at radius 3 is 2.58 bits per heavy atom. The van der Waals surface area contributed by atoms with E-state index in [4.69, 9.17) is 5.73 Å². The Hall–Kier alpha value is -0.780. The average molecular weight is 280 g/mol. The smallest absolute Gasteiger partial charge is 0.334 e. The molecule has 1 aliphatic rings. The first-order valence-corrected chi connectivity index (χ1v) is 6.92. The molecule has 0 aliphatic heterocycles. The molecule has 1 saturated carbocycles. The summed E-state index contributed by atoms with van der Waals surface area (Å²) in [5, 5.41) is 0. The number of carbonyl (C=O) groups excluding carboxylic acids is 1. The van der Waals surface area contributed by atoms with Crippen LogP contribution in [0.4, 0.5) is 13.2 Å². The normalized spacial score (nSPS) is 24.3. The lowest BCUT2D eigenvalue weighted by molar-refractivity contribution is -0.161. The molecule has 0 spiro atoms. The first kappa shape index (κ1) is 16.3. The van der Waals surface area contributed by atoms with Crippen molar-refractivity contribution in [1.82, 2.24) is 4.90 Å². The van der Waals surface area contributed by atoms with Crippen molar-refractivity contribution in [1.29, 1.82) is 0 Å². The predicted molar refractivity (Wildman–Crippen MR) is 67.5 cm³/mol. The molecule has 1 aliphatic carbocycles. The molecule has 2 atom stereocenters. The number of rotatable bonds is 5. The van der Waals surface area contributed by atoms with Crippen molar-refractivity contribution < 1.29 is 18.0 Å². The summed E-state index contributed by atoms with van der Waals surface area (Å²) in [6, 6.07) is 0.186. The summed E-state index contributed by atoms with van der Waals surface area (Å²) in [5.74, 6) is -0.0173. The van der Waals surface area contributed by atoms with Crippen molar-refractivity contribution in [3.63, 3.8) is 0 Å². The van der Waals surface area contributed by atoms with E-state index in [0.717, 1.165) is 30.6 Å². The van der Waals surface area contributed by atoms with E-state index >= 15 is 0 Å². The van der Waals surface area contributed by atoms with Gasteiger partial charge in [-0.25, -0.2) is 0 Å². The summed E-state index contributed by atoms with van der Waals surface area (Å²) in [7, 11) is 0. The van der Waals surface area contributed by atoms with Gasteiger partial charge in [-0.1, -0.05) is 12.8 Å². The summed E-state index contributed by atoms with van der Waals surface area (Å²) < 4.78 is 36.9. The Kier molecular flexibility index (Phi) is 6.10. The molecule has 1 fully saturated rings. The molecule has 0 saturated heterocycles. The molecule has 1 rings (SSSR count). The van der Waals surface area contributed by atoms with Crippen LogP contribution in [0.1, 0.15) is 45.4 Å². The number of halogens is 3. The molecule has 0 aromatic rings. The van der Waals surface area contributed by atoms with Crippen LogP contribution in [0.5, 0.6) is 0 Å². The van der Waals surface area contributed by atoms with Crippen molar-refractivity contribution in [3.8, 4) is 0 Å². The molecule has 2 unspecified atom stereocenters. The van der Waals surface area contributed by atoms with Gasteiger partial charge in [-0.3, -0.25) is 4.79 Å². The van der Waals surface area contributed by atoms with E-state index in [1.807, 2.05) is 0 Å². The Bertz CT molecular complexity index is 294. The van der Waals surface area contributed by atoms with Gasteiger partial charge in [-0.15, -0.1) is 0 Å². The van der Waals surface area contributed by atoms with Gasteiger partial charge >= 0.3 is 6.18 Å². The zero-order valence-corrected chi connectivity index (χ0v) is 11.4. The molecule has 0 radical (unpaired) electrons. The molecule has 112 valence electrons. The van der Waals surface area contributed by atoms with E-state index in [2.05, 4.69) is 0 Å². The Balaban J connectivity index is 2.36. The van der Waals surface area contributed by atoms with Crippen LogP contribution in [0.3, 0.4) is 0 Å². The molecule has 2 N–H and O–H groups in total. The molecule has 6 heteroatoms. The van der Waals surface area contributed by atoms with Crippen LogP contribution in [-0.2, 0) is 4.79 Å². The van der Waals surface area contributed by atoms with Crippen molar-refractivity contribution in [3.05, 3.63) is 0 Å². The van der Waals surface area contributed by atoms with Crippen LogP contribution in [0.2, 0.25) is 0 Å².